The average Bonchev–Trinajstić information content (AvgIpc) is 2.66. The van der Waals surface area contributed by atoms with Gasteiger partial charge in [0.2, 0.25) is 5.91 Å². The molecule has 5 heteroatoms. The number of piperidine rings is 1. The van der Waals surface area contributed by atoms with Gasteiger partial charge in [-0.05, 0) is 94.3 Å². The number of thioether (sulfide) groups is 1. The molecular weight excluding hydrogens is 368 g/mol. The van der Waals surface area contributed by atoms with Gasteiger partial charge in [-0.25, -0.2) is 0 Å². The maximum atomic E-state index is 12.8. The van der Waals surface area contributed by atoms with E-state index in [1.165, 1.54) is 75.2 Å². The number of hydrogen-bond acceptors (Lipinski definition) is 3. The molecule has 1 unspecified atom stereocenters. The van der Waals surface area contributed by atoms with Gasteiger partial charge in [-0.1, -0.05) is 17.8 Å². The minimum absolute atomic E-state index is 0.0908. The SMILES string of the molecule is O=C(CCSC(=O)N1CCCC2CCCC=C21)NC12CC3CC(CC(C3)C1)C2. The third-order valence-electron chi connectivity index (χ3n) is 7.99. The molecule has 5 fully saturated rings. The molecule has 0 radical (unpaired) electrons. The Kier molecular flexibility index (Phi) is 5.23. The molecule has 1 aliphatic heterocycles. The van der Waals surface area contributed by atoms with Crippen LogP contribution in [0, 0.1) is 23.7 Å². The summed E-state index contributed by atoms with van der Waals surface area (Å²) in [5.74, 6) is 3.89. The van der Waals surface area contributed by atoms with Crippen molar-refractivity contribution in [2.75, 3.05) is 12.3 Å². The summed E-state index contributed by atoms with van der Waals surface area (Å²) in [6.07, 6.45) is 16.5. The molecule has 0 aromatic heterocycles. The van der Waals surface area contributed by atoms with Crippen LogP contribution in [0.3, 0.4) is 0 Å². The molecule has 0 spiro atoms. The molecule has 1 N–H and O–H groups in total. The molecule has 28 heavy (non-hydrogen) atoms. The van der Waals surface area contributed by atoms with Crippen LogP contribution in [0.4, 0.5) is 4.79 Å². The molecular formula is C23H34N2O2S. The largest absolute Gasteiger partial charge is 0.351 e. The van der Waals surface area contributed by atoms with Gasteiger partial charge >= 0.3 is 0 Å². The van der Waals surface area contributed by atoms with Crippen molar-refractivity contribution in [1.82, 2.24) is 10.2 Å². The molecule has 1 atom stereocenters. The third kappa shape index (κ3) is 3.76. The lowest BCUT2D eigenvalue weighted by Crippen LogP contribution is -2.59. The lowest BCUT2D eigenvalue weighted by molar-refractivity contribution is -0.126. The Labute approximate surface area is 173 Å². The predicted molar refractivity (Wildman–Crippen MR) is 113 cm³/mol. The van der Waals surface area contributed by atoms with Gasteiger partial charge in [-0.2, -0.15) is 0 Å². The molecule has 0 aromatic carbocycles. The first-order valence-electron chi connectivity index (χ1n) is 11.6. The first kappa shape index (κ1) is 19.0. The Balaban J connectivity index is 1.11. The van der Waals surface area contributed by atoms with Crippen molar-refractivity contribution in [1.29, 1.82) is 0 Å². The van der Waals surface area contributed by atoms with Gasteiger partial charge in [-0.15, -0.1) is 0 Å². The molecule has 154 valence electrons. The van der Waals surface area contributed by atoms with Crippen molar-refractivity contribution in [2.45, 2.75) is 82.6 Å². The summed E-state index contributed by atoms with van der Waals surface area (Å²) in [4.78, 5) is 27.4. The number of hydrogen-bond donors (Lipinski definition) is 1. The van der Waals surface area contributed by atoms with Gasteiger partial charge in [0.25, 0.3) is 5.24 Å². The molecule has 1 saturated heterocycles. The van der Waals surface area contributed by atoms with Gasteiger partial charge in [-0.3, -0.25) is 9.59 Å². The number of nitrogens with one attached hydrogen (secondary N) is 1. The summed E-state index contributed by atoms with van der Waals surface area (Å²) in [6.45, 7) is 0.855. The lowest BCUT2D eigenvalue weighted by atomic mass is 9.53. The number of nitrogens with zero attached hydrogens (tertiary/aromatic N) is 1. The molecule has 5 aliphatic carbocycles. The van der Waals surface area contributed by atoms with E-state index < -0.39 is 0 Å². The highest BCUT2D eigenvalue weighted by atomic mass is 32.2. The highest BCUT2D eigenvalue weighted by Crippen LogP contribution is 2.55. The van der Waals surface area contributed by atoms with Crippen LogP contribution >= 0.6 is 11.8 Å². The zero-order chi connectivity index (χ0) is 19.1. The minimum Gasteiger partial charge on any atom is -0.351 e. The summed E-state index contributed by atoms with van der Waals surface area (Å²) < 4.78 is 0. The van der Waals surface area contributed by atoms with Gasteiger partial charge in [0.15, 0.2) is 0 Å². The second-order valence-corrected chi connectivity index (χ2v) is 11.2. The van der Waals surface area contributed by atoms with Crippen molar-refractivity contribution in [3.8, 4) is 0 Å². The van der Waals surface area contributed by atoms with E-state index >= 15 is 0 Å². The zero-order valence-electron chi connectivity index (χ0n) is 17.0. The Morgan fingerprint density at radius 1 is 1.07 bits per heavy atom. The Bertz CT molecular complexity index is 638. The summed E-state index contributed by atoms with van der Waals surface area (Å²) in [5, 5.41) is 3.59. The normalized spacial score (nSPS) is 38.7. The number of carbonyl (C=O) groups excluding carboxylic acids is 2. The molecule has 6 rings (SSSR count). The van der Waals surface area contributed by atoms with E-state index in [1.807, 2.05) is 4.90 Å². The van der Waals surface area contributed by atoms with E-state index in [0.717, 1.165) is 37.1 Å². The summed E-state index contributed by atoms with van der Waals surface area (Å²) >= 11 is 1.34. The van der Waals surface area contributed by atoms with Gasteiger partial charge in [0, 0.05) is 30.0 Å². The molecule has 6 aliphatic rings. The van der Waals surface area contributed by atoms with Gasteiger partial charge in [0.05, 0.1) is 0 Å². The fourth-order valence-corrected chi connectivity index (χ4v) is 8.12. The molecule has 0 aromatic rings. The van der Waals surface area contributed by atoms with Gasteiger partial charge < -0.3 is 10.2 Å². The van der Waals surface area contributed by atoms with Crippen LogP contribution in [0.1, 0.15) is 77.0 Å². The number of amides is 2. The Morgan fingerprint density at radius 2 is 1.75 bits per heavy atom. The molecule has 4 saturated carbocycles. The van der Waals surface area contributed by atoms with E-state index in [-0.39, 0.29) is 16.7 Å². The lowest BCUT2D eigenvalue weighted by Gasteiger charge is -2.56. The highest BCUT2D eigenvalue weighted by molar-refractivity contribution is 8.13. The Hall–Kier alpha value is -0.970. The van der Waals surface area contributed by atoms with Crippen molar-refractivity contribution in [3.63, 3.8) is 0 Å². The number of carbonyl (C=O) groups is 2. The smallest absolute Gasteiger partial charge is 0.285 e. The minimum atomic E-state index is 0.0908. The van der Waals surface area contributed by atoms with Crippen LogP contribution < -0.4 is 5.32 Å². The van der Waals surface area contributed by atoms with Gasteiger partial charge in [0.1, 0.15) is 0 Å². The third-order valence-corrected chi connectivity index (χ3v) is 8.87. The van der Waals surface area contributed by atoms with Crippen LogP contribution in [-0.2, 0) is 4.79 Å². The number of allylic oxidation sites excluding steroid dienone is 2. The van der Waals surface area contributed by atoms with Crippen LogP contribution in [0.2, 0.25) is 0 Å². The number of rotatable bonds is 4. The standard InChI is InChI=1S/C23H34N2O2S/c26-21(24-23-13-16-10-17(14-23)12-18(11-16)15-23)7-9-28-22(27)25-8-3-5-19-4-1-2-6-20(19)25/h6,16-19H,1-5,7-15H2,(H,24,26). The fraction of sp³-hybridized carbons (Fsp3) is 0.826. The number of fused-ring (bicyclic) bond motifs is 1. The summed E-state index contributed by atoms with van der Waals surface area (Å²) in [7, 11) is 0. The molecule has 4 bridgehead atoms. The van der Waals surface area contributed by atoms with E-state index in [9.17, 15) is 9.59 Å². The first-order valence-corrected chi connectivity index (χ1v) is 12.5. The summed E-state index contributed by atoms with van der Waals surface area (Å²) in [5.41, 5.74) is 1.36. The van der Waals surface area contributed by atoms with Crippen LogP contribution in [0.15, 0.2) is 11.8 Å². The van der Waals surface area contributed by atoms with E-state index in [1.54, 1.807) is 0 Å². The van der Waals surface area contributed by atoms with Crippen molar-refractivity contribution < 1.29 is 9.59 Å². The monoisotopic (exact) mass is 402 g/mol. The van der Waals surface area contributed by atoms with Crippen molar-refractivity contribution in [2.24, 2.45) is 23.7 Å². The molecule has 2 amide bonds. The zero-order valence-corrected chi connectivity index (χ0v) is 17.8. The van der Waals surface area contributed by atoms with Crippen LogP contribution in [0.5, 0.6) is 0 Å². The molecule has 1 heterocycles. The number of likely N-dealkylation sites (tertiary alicyclic amines) is 1. The maximum Gasteiger partial charge on any atom is 0.285 e. The Morgan fingerprint density at radius 3 is 2.46 bits per heavy atom. The fourth-order valence-electron chi connectivity index (χ4n) is 7.30. The van der Waals surface area contributed by atoms with Crippen molar-refractivity contribution >= 4 is 22.9 Å². The van der Waals surface area contributed by atoms with Crippen molar-refractivity contribution in [3.05, 3.63) is 11.8 Å². The van der Waals surface area contributed by atoms with Crippen LogP contribution in [0.25, 0.3) is 0 Å². The second-order valence-electron chi connectivity index (χ2n) is 10.2. The van der Waals surface area contributed by atoms with Crippen LogP contribution in [-0.4, -0.2) is 33.9 Å². The summed E-state index contributed by atoms with van der Waals surface area (Å²) in [6, 6.07) is 0. The van der Waals surface area contributed by atoms with E-state index in [0.29, 0.717) is 18.1 Å². The highest BCUT2D eigenvalue weighted by Gasteiger charge is 2.51. The maximum absolute atomic E-state index is 12.8. The van der Waals surface area contributed by atoms with E-state index in [2.05, 4.69) is 11.4 Å². The quantitative estimate of drug-likeness (QED) is 0.712. The van der Waals surface area contributed by atoms with E-state index in [4.69, 9.17) is 0 Å². The predicted octanol–water partition coefficient (Wildman–Crippen LogP) is 5.09. The second kappa shape index (κ2) is 7.70. The first-order chi connectivity index (χ1) is 13.6. The average molecular weight is 403 g/mol. The molecule has 4 nitrogen and oxygen atoms in total. The topological polar surface area (TPSA) is 49.4 Å².